The van der Waals surface area contributed by atoms with Crippen molar-refractivity contribution < 1.29 is 0 Å². The predicted molar refractivity (Wildman–Crippen MR) is 196 cm³/mol. The number of anilines is 3. The molecule has 6 aromatic carbocycles. The highest BCUT2D eigenvalue weighted by Gasteiger charge is 2.47. The summed E-state index contributed by atoms with van der Waals surface area (Å²) in [7, 11) is 0. The molecule has 0 radical (unpaired) electrons. The van der Waals surface area contributed by atoms with Crippen LogP contribution >= 0.6 is 0 Å². The van der Waals surface area contributed by atoms with E-state index in [0.29, 0.717) is 0 Å². The summed E-state index contributed by atoms with van der Waals surface area (Å²) in [5.74, 6) is 0. The van der Waals surface area contributed by atoms with Crippen molar-refractivity contribution >= 4 is 62.0 Å². The smallest absolute Gasteiger partial charge is 0.252 e. The third-order valence-corrected chi connectivity index (χ3v) is 11.4. The van der Waals surface area contributed by atoms with E-state index in [1.54, 1.807) is 0 Å². The molecule has 0 unspecified atom stereocenters. The van der Waals surface area contributed by atoms with Crippen LogP contribution in [0.25, 0.3) is 27.5 Å². The Kier molecular flexibility index (Phi) is 4.91. The van der Waals surface area contributed by atoms with Crippen LogP contribution in [0.2, 0.25) is 0 Å². The number of hydrogen-bond acceptors (Lipinski definition) is 1. The highest BCUT2D eigenvalue weighted by atomic mass is 15.2. The SMILES string of the molecule is Cc1cc2c3c(c1)-n1c4ccccc4c4cccc(c41)B3c1cc3c(cc1N2c1ccccc1)C(C)(C)c1ccccc1C3(C)C. The van der Waals surface area contributed by atoms with Gasteiger partial charge in [0.15, 0.2) is 0 Å². The summed E-state index contributed by atoms with van der Waals surface area (Å²) >= 11 is 0. The van der Waals surface area contributed by atoms with Crippen molar-refractivity contribution in [3.05, 3.63) is 149 Å². The molecule has 46 heavy (non-hydrogen) atoms. The zero-order chi connectivity index (χ0) is 31.1. The minimum absolute atomic E-state index is 0.125. The van der Waals surface area contributed by atoms with E-state index in [-0.39, 0.29) is 17.5 Å². The molecular formula is C43H35BN2. The molecule has 0 atom stereocenters. The summed E-state index contributed by atoms with van der Waals surface area (Å²) in [5, 5.41) is 2.65. The van der Waals surface area contributed by atoms with Gasteiger partial charge in [-0.15, -0.1) is 0 Å². The molecule has 2 aliphatic heterocycles. The number of aryl methyl sites for hydroxylation is 1. The Hall–Kier alpha value is -5.02. The topological polar surface area (TPSA) is 8.17 Å². The Balaban J connectivity index is 1.39. The Labute approximate surface area is 271 Å². The standard InChI is InChI=1S/C43H35BN2/c1-26-22-38-40-39(23-26)46-36-21-12-9-16-28(36)29-17-13-20-34(41(29)46)44(40)35-24-32-33(25-37(35)45(38)27-14-7-6-8-15-27)43(4,5)31-19-11-10-18-30(31)42(32,2)3/h6-25H,1-5H3. The molecule has 3 heterocycles. The maximum absolute atomic E-state index is 2.60. The van der Waals surface area contributed by atoms with Gasteiger partial charge in [0, 0.05) is 49.9 Å². The van der Waals surface area contributed by atoms with Gasteiger partial charge in [0.2, 0.25) is 0 Å². The van der Waals surface area contributed by atoms with Crippen molar-refractivity contribution in [2.24, 2.45) is 0 Å². The molecule has 1 aromatic heterocycles. The van der Waals surface area contributed by atoms with Crippen LogP contribution in [0.15, 0.2) is 121 Å². The molecule has 0 bridgehead atoms. The maximum Gasteiger partial charge on any atom is 0.252 e. The van der Waals surface area contributed by atoms with E-state index < -0.39 is 0 Å². The van der Waals surface area contributed by atoms with Gasteiger partial charge in [0.1, 0.15) is 0 Å². The van der Waals surface area contributed by atoms with Gasteiger partial charge in [-0.25, -0.2) is 0 Å². The van der Waals surface area contributed by atoms with Crippen LogP contribution in [0.1, 0.15) is 55.5 Å². The van der Waals surface area contributed by atoms with Gasteiger partial charge in [-0.3, -0.25) is 0 Å². The van der Waals surface area contributed by atoms with Crippen molar-refractivity contribution in [1.29, 1.82) is 0 Å². The fourth-order valence-corrected chi connectivity index (χ4v) is 9.34. The Bertz CT molecular complexity index is 2450. The largest absolute Gasteiger partial charge is 0.311 e. The van der Waals surface area contributed by atoms with E-state index in [1.165, 1.54) is 88.8 Å². The molecule has 7 aromatic rings. The summed E-state index contributed by atoms with van der Waals surface area (Å²) in [6.45, 7) is 12.1. The van der Waals surface area contributed by atoms with Gasteiger partial charge in [0.05, 0.1) is 5.52 Å². The second-order valence-corrected chi connectivity index (χ2v) is 14.7. The molecule has 0 spiro atoms. The lowest BCUT2D eigenvalue weighted by molar-refractivity contribution is 0.521. The first-order valence-electron chi connectivity index (χ1n) is 16.6. The quantitative estimate of drug-likeness (QED) is 0.174. The predicted octanol–water partition coefficient (Wildman–Crippen LogP) is 8.67. The zero-order valence-electron chi connectivity index (χ0n) is 27.0. The normalized spacial score (nSPS) is 16.2. The van der Waals surface area contributed by atoms with Crippen LogP contribution in [0.4, 0.5) is 17.1 Å². The number of benzene rings is 6. The lowest BCUT2D eigenvalue weighted by Crippen LogP contribution is -2.61. The van der Waals surface area contributed by atoms with Gasteiger partial charge in [-0.1, -0.05) is 113 Å². The number of nitrogens with zero attached hydrogens (tertiary/aromatic N) is 2. The van der Waals surface area contributed by atoms with Crippen LogP contribution in [-0.2, 0) is 10.8 Å². The Morgan fingerprint density at radius 3 is 1.91 bits per heavy atom. The lowest BCUT2D eigenvalue weighted by atomic mass is 9.33. The van der Waals surface area contributed by atoms with Crippen molar-refractivity contribution in [1.82, 2.24) is 4.57 Å². The van der Waals surface area contributed by atoms with E-state index >= 15 is 0 Å². The van der Waals surface area contributed by atoms with E-state index in [4.69, 9.17) is 0 Å². The fourth-order valence-electron chi connectivity index (χ4n) is 9.34. The van der Waals surface area contributed by atoms with Gasteiger partial charge < -0.3 is 9.47 Å². The highest BCUT2D eigenvalue weighted by molar-refractivity contribution is 7.00. The number of aromatic nitrogens is 1. The van der Waals surface area contributed by atoms with Crippen LogP contribution in [0.3, 0.4) is 0 Å². The van der Waals surface area contributed by atoms with Crippen molar-refractivity contribution in [2.75, 3.05) is 4.90 Å². The van der Waals surface area contributed by atoms with Crippen molar-refractivity contribution in [3.8, 4) is 5.69 Å². The van der Waals surface area contributed by atoms with Crippen LogP contribution in [0, 0.1) is 6.92 Å². The highest BCUT2D eigenvalue weighted by Crippen LogP contribution is 2.52. The maximum atomic E-state index is 2.60. The first-order valence-corrected chi connectivity index (χ1v) is 16.6. The average Bonchev–Trinajstić information content (AvgIpc) is 3.41. The second kappa shape index (κ2) is 8.62. The fraction of sp³-hybridized carbons (Fsp3) is 0.163. The van der Waals surface area contributed by atoms with E-state index in [0.717, 1.165) is 0 Å². The zero-order valence-corrected chi connectivity index (χ0v) is 27.0. The molecule has 1 aliphatic carbocycles. The molecule has 220 valence electrons. The molecule has 0 amide bonds. The van der Waals surface area contributed by atoms with Crippen LogP contribution in [0.5, 0.6) is 0 Å². The molecule has 10 rings (SSSR count). The van der Waals surface area contributed by atoms with E-state index in [2.05, 4.69) is 165 Å². The lowest BCUT2D eigenvalue weighted by Gasteiger charge is -2.47. The minimum Gasteiger partial charge on any atom is -0.311 e. The summed E-state index contributed by atoms with van der Waals surface area (Å²) in [6.07, 6.45) is 0. The third kappa shape index (κ3) is 3.09. The molecule has 0 N–H and O–H groups in total. The summed E-state index contributed by atoms with van der Waals surface area (Å²) in [5.41, 5.74) is 18.7. The number of para-hydroxylation sites is 3. The van der Waals surface area contributed by atoms with E-state index in [9.17, 15) is 0 Å². The van der Waals surface area contributed by atoms with Gasteiger partial charge in [-0.2, -0.15) is 0 Å². The molecule has 0 saturated carbocycles. The average molecular weight is 591 g/mol. The van der Waals surface area contributed by atoms with E-state index in [1.807, 2.05) is 0 Å². The number of hydrogen-bond donors (Lipinski definition) is 0. The van der Waals surface area contributed by atoms with Crippen molar-refractivity contribution in [2.45, 2.75) is 45.4 Å². The van der Waals surface area contributed by atoms with Crippen molar-refractivity contribution in [3.63, 3.8) is 0 Å². The Morgan fingerprint density at radius 2 is 1.15 bits per heavy atom. The molecule has 0 saturated heterocycles. The first-order chi connectivity index (χ1) is 22.3. The molecule has 0 fully saturated rings. The summed E-state index contributed by atoms with van der Waals surface area (Å²) in [4.78, 5) is 2.55. The minimum atomic E-state index is -0.129. The molecular weight excluding hydrogens is 555 g/mol. The molecule has 3 heteroatoms. The van der Waals surface area contributed by atoms with Crippen LogP contribution in [-0.4, -0.2) is 11.3 Å². The van der Waals surface area contributed by atoms with Gasteiger partial charge in [-0.05, 0) is 87.5 Å². The monoisotopic (exact) mass is 590 g/mol. The molecule has 3 aliphatic rings. The second-order valence-electron chi connectivity index (χ2n) is 14.7. The summed E-state index contributed by atoms with van der Waals surface area (Å²) < 4.78 is 2.55. The summed E-state index contributed by atoms with van der Waals surface area (Å²) in [6, 6.07) is 46.0. The molecule has 2 nitrogen and oxygen atoms in total. The van der Waals surface area contributed by atoms with Gasteiger partial charge in [0.25, 0.3) is 6.71 Å². The number of fused-ring (bicyclic) bond motifs is 9. The Morgan fingerprint density at radius 1 is 0.522 bits per heavy atom. The number of rotatable bonds is 1. The van der Waals surface area contributed by atoms with Gasteiger partial charge >= 0.3 is 0 Å². The first kappa shape index (κ1) is 26.2. The third-order valence-electron chi connectivity index (χ3n) is 11.4. The van der Waals surface area contributed by atoms with Crippen LogP contribution < -0.4 is 21.3 Å².